The molecule has 1 saturated carbocycles. The highest BCUT2D eigenvalue weighted by Gasteiger charge is 2.62. The first-order chi connectivity index (χ1) is 20.3. The van der Waals surface area contributed by atoms with Gasteiger partial charge in [-0.3, -0.25) is 9.52 Å². The molecule has 1 aliphatic carbocycles. The van der Waals surface area contributed by atoms with Gasteiger partial charge in [0.05, 0.1) is 17.6 Å². The van der Waals surface area contributed by atoms with Crippen LogP contribution in [0.3, 0.4) is 0 Å². The number of hydrogen-bond donors (Lipinski definition) is 2. The minimum atomic E-state index is -4.24. The zero-order valence-corrected chi connectivity index (χ0v) is 25.1. The lowest BCUT2D eigenvalue weighted by molar-refractivity contribution is -0.190. The van der Waals surface area contributed by atoms with E-state index in [-0.39, 0.29) is 47.9 Å². The molecule has 0 spiro atoms. The summed E-state index contributed by atoms with van der Waals surface area (Å²) in [5.41, 5.74) is 4.05. The molecule has 2 aromatic rings. The maximum atomic E-state index is 13.4. The predicted molar refractivity (Wildman–Crippen MR) is 160 cm³/mol. The van der Waals surface area contributed by atoms with E-state index in [4.69, 9.17) is 15.5 Å². The molecule has 2 fully saturated rings. The number of aromatic nitrogens is 3. The number of nitrogens with one attached hydrogen (secondary N) is 1. The Morgan fingerprint density at radius 2 is 2.07 bits per heavy atom. The van der Waals surface area contributed by atoms with Gasteiger partial charge in [-0.15, -0.1) is 5.10 Å². The molecule has 0 bridgehead atoms. The zero-order chi connectivity index (χ0) is 31.4. The van der Waals surface area contributed by atoms with Gasteiger partial charge in [0.2, 0.25) is 11.8 Å². The number of amides is 1. The van der Waals surface area contributed by atoms with Gasteiger partial charge in [-0.1, -0.05) is 6.58 Å². The molecule has 1 unspecified atom stereocenters. The van der Waals surface area contributed by atoms with E-state index in [1.54, 1.807) is 24.4 Å². The van der Waals surface area contributed by atoms with Crippen LogP contribution in [0.4, 0.5) is 23.4 Å². The number of hydrogen-bond acceptors (Lipinski definition) is 8. The smallest absolute Gasteiger partial charge is 0.394 e. The summed E-state index contributed by atoms with van der Waals surface area (Å²) in [5, 5.41) is 4.49. The van der Waals surface area contributed by atoms with Crippen LogP contribution in [-0.4, -0.2) is 57.1 Å². The van der Waals surface area contributed by atoms with E-state index in [1.165, 1.54) is 10.8 Å². The van der Waals surface area contributed by atoms with Gasteiger partial charge in [-0.2, -0.15) is 17.6 Å². The third-order valence-electron chi connectivity index (χ3n) is 7.88. The van der Waals surface area contributed by atoms with Gasteiger partial charge in [-0.25, -0.2) is 14.7 Å². The second kappa shape index (κ2) is 13.1. The molecule has 3 heterocycles. The van der Waals surface area contributed by atoms with Crippen molar-refractivity contribution in [1.82, 2.24) is 19.5 Å². The monoisotopic (exact) mass is 623 g/mol. The van der Waals surface area contributed by atoms with Gasteiger partial charge in [-0.05, 0) is 89.6 Å². The second-order valence-electron chi connectivity index (χ2n) is 11.5. The third kappa shape index (κ3) is 7.77. The van der Waals surface area contributed by atoms with E-state index in [0.717, 1.165) is 31.2 Å². The van der Waals surface area contributed by atoms with Crippen molar-refractivity contribution in [2.45, 2.75) is 64.1 Å². The molecule has 43 heavy (non-hydrogen) atoms. The minimum Gasteiger partial charge on any atom is -0.477 e. The van der Waals surface area contributed by atoms with Gasteiger partial charge in [0.15, 0.2) is 5.82 Å². The molecular weight excluding hydrogens is 586 g/mol. The highest BCUT2D eigenvalue weighted by atomic mass is 32.2. The number of nitrogens with two attached hydrogens (primary N) is 1. The SMILES string of the molecule is C=C/C(=N\C(=C)F)SNC(=O)c1ccc(-n2ccc(OCCC3(C(F)(F)F)CC3)n2)nc1N1CC(CCCN)CC1(C)C. The van der Waals surface area contributed by atoms with Crippen LogP contribution >= 0.6 is 11.9 Å². The first-order valence-electron chi connectivity index (χ1n) is 14.1. The van der Waals surface area contributed by atoms with Crippen molar-refractivity contribution in [2.24, 2.45) is 22.1 Å². The molecular formula is C29H37F4N7O2S. The topological polar surface area (TPSA) is 111 Å². The average molecular weight is 624 g/mol. The van der Waals surface area contributed by atoms with E-state index in [0.29, 0.717) is 30.6 Å². The molecule has 3 N–H and O–H groups in total. The average Bonchev–Trinajstić information content (AvgIpc) is 3.49. The minimum absolute atomic E-state index is 0.107. The first kappa shape index (κ1) is 32.5. The lowest BCUT2D eigenvalue weighted by Crippen LogP contribution is -2.40. The van der Waals surface area contributed by atoms with Gasteiger partial charge in [0.25, 0.3) is 5.91 Å². The molecule has 1 aliphatic heterocycles. The maximum absolute atomic E-state index is 13.4. The summed E-state index contributed by atoms with van der Waals surface area (Å²) in [4.78, 5) is 23.9. The molecule has 0 radical (unpaired) electrons. The number of aliphatic imine (C=N–C) groups is 1. The maximum Gasteiger partial charge on any atom is 0.394 e. The predicted octanol–water partition coefficient (Wildman–Crippen LogP) is 6.13. The molecule has 9 nitrogen and oxygen atoms in total. The van der Waals surface area contributed by atoms with Crippen LogP contribution in [0.2, 0.25) is 0 Å². The number of carbonyl (C=O) groups excluding carboxylic acids is 1. The van der Waals surface area contributed by atoms with Gasteiger partial charge in [0.1, 0.15) is 10.9 Å². The summed E-state index contributed by atoms with van der Waals surface area (Å²) in [5.74, 6) is -0.0369. The molecule has 0 aromatic carbocycles. The van der Waals surface area contributed by atoms with E-state index < -0.39 is 23.4 Å². The summed E-state index contributed by atoms with van der Waals surface area (Å²) >= 11 is 0.801. The fraction of sp³-hybridized carbons (Fsp3) is 0.517. The van der Waals surface area contributed by atoms with E-state index in [1.807, 2.05) is 0 Å². The van der Waals surface area contributed by atoms with Gasteiger partial charge < -0.3 is 15.4 Å². The largest absolute Gasteiger partial charge is 0.477 e. The molecule has 4 rings (SSSR count). The molecule has 1 atom stereocenters. The summed E-state index contributed by atoms with van der Waals surface area (Å²) in [6.07, 6.45) is 1.47. The van der Waals surface area contributed by atoms with Crippen molar-refractivity contribution >= 4 is 28.7 Å². The second-order valence-corrected chi connectivity index (χ2v) is 12.3. The Bertz CT molecular complexity index is 1370. The Morgan fingerprint density at radius 3 is 2.70 bits per heavy atom. The highest BCUT2D eigenvalue weighted by Crippen LogP contribution is 2.59. The third-order valence-corrected chi connectivity index (χ3v) is 8.63. The number of rotatable bonds is 12. The fourth-order valence-corrected chi connectivity index (χ4v) is 5.92. The van der Waals surface area contributed by atoms with Gasteiger partial charge >= 0.3 is 6.18 Å². The lowest BCUT2D eigenvalue weighted by atomic mass is 9.93. The van der Waals surface area contributed by atoms with E-state index in [2.05, 4.69) is 46.7 Å². The zero-order valence-electron chi connectivity index (χ0n) is 24.3. The quantitative estimate of drug-likeness (QED) is 0.0963. The van der Waals surface area contributed by atoms with Crippen molar-refractivity contribution in [3.8, 4) is 11.7 Å². The van der Waals surface area contributed by atoms with E-state index >= 15 is 0 Å². The van der Waals surface area contributed by atoms with Crippen LogP contribution in [0.15, 0.2) is 54.6 Å². The number of nitrogens with zero attached hydrogens (tertiary/aromatic N) is 5. The Labute approximate surface area is 252 Å². The number of pyridine rings is 1. The molecule has 2 aromatic heterocycles. The molecule has 1 amide bonds. The number of carbonyl (C=O) groups is 1. The van der Waals surface area contributed by atoms with E-state index in [9.17, 15) is 22.4 Å². The standard InChI is InChI=1S/C29H37F4N7O2S/c1-5-24(35-19(2)30)43-38-26(41)21-8-9-22(36-25(21)39-18-20(7-6-14-34)17-27(39,3)4)40-15-10-23(37-40)42-16-13-28(11-12-28)29(31,32)33/h5,8-10,15,20H,1-2,6-7,11-14,16-18,34H2,3-4H3,(H,38,41)/b35-24+. The van der Waals surface area contributed by atoms with Crippen LogP contribution in [0.5, 0.6) is 5.88 Å². The Kier molecular flexibility index (Phi) is 9.90. The molecule has 2 aliphatic rings. The van der Waals surface area contributed by atoms with Crippen molar-refractivity contribution in [3.63, 3.8) is 0 Å². The van der Waals surface area contributed by atoms with Crippen LogP contribution in [0.25, 0.3) is 5.82 Å². The van der Waals surface area contributed by atoms with Crippen molar-refractivity contribution < 1.29 is 27.1 Å². The van der Waals surface area contributed by atoms with Crippen LogP contribution < -0.4 is 20.1 Å². The lowest BCUT2D eigenvalue weighted by Gasteiger charge is -2.34. The molecule has 1 saturated heterocycles. The number of ether oxygens (including phenoxy) is 1. The fourth-order valence-electron chi connectivity index (χ4n) is 5.38. The van der Waals surface area contributed by atoms with Crippen molar-refractivity contribution in [2.75, 3.05) is 24.6 Å². The van der Waals surface area contributed by atoms with Gasteiger partial charge in [0, 0.05) is 36.3 Å². The summed E-state index contributed by atoms with van der Waals surface area (Å²) < 4.78 is 62.6. The molecule has 234 valence electrons. The van der Waals surface area contributed by atoms with Crippen LogP contribution in [-0.2, 0) is 0 Å². The molecule has 14 heteroatoms. The van der Waals surface area contributed by atoms with Crippen LogP contribution in [0.1, 0.15) is 62.7 Å². The normalized spacial score (nSPS) is 19.3. The summed E-state index contributed by atoms with van der Waals surface area (Å²) in [7, 11) is 0. The summed E-state index contributed by atoms with van der Waals surface area (Å²) in [6, 6.07) is 4.80. The number of halogens is 4. The van der Waals surface area contributed by atoms with Crippen LogP contribution in [0, 0.1) is 11.3 Å². The highest BCUT2D eigenvalue weighted by molar-refractivity contribution is 8.13. The van der Waals surface area contributed by atoms with Crippen molar-refractivity contribution in [1.29, 1.82) is 0 Å². The Hall–Kier alpha value is -3.39. The first-order valence-corrected chi connectivity index (χ1v) is 14.9. The Morgan fingerprint density at radius 1 is 1.33 bits per heavy atom. The Balaban J connectivity index is 1.58. The van der Waals surface area contributed by atoms with Crippen molar-refractivity contribution in [3.05, 3.63) is 55.1 Å². The summed E-state index contributed by atoms with van der Waals surface area (Å²) in [6.45, 7) is 12.0. The number of alkyl halides is 3. The number of anilines is 1.